The van der Waals surface area contributed by atoms with Crippen LogP contribution in [0.15, 0.2) is 65.7 Å². The van der Waals surface area contributed by atoms with Gasteiger partial charge in [-0.15, -0.1) is 0 Å². The van der Waals surface area contributed by atoms with Crippen LogP contribution in [0.25, 0.3) is 0 Å². The fraction of sp³-hybridized carbons (Fsp3) is 0.292. The predicted octanol–water partition coefficient (Wildman–Crippen LogP) is 3.93. The summed E-state index contributed by atoms with van der Waals surface area (Å²) < 4.78 is 5.81. The van der Waals surface area contributed by atoms with E-state index in [0.29, 0.717) is 29.0 Å². The molecule has 1 aliphatic carbocycles. The largest absolute Gasteiger partial charge is 0.492 e. The third kappa shape index (κ3) is 4.69. The lowest BCUT2D eigenvalue weighted by molar-refractivity contribution is 0.1000. The third-order valence-electron chi connectivity index (χ3n) is 5.31. The second kappa shape index (κ2) is 8.97. The SMILES string of the molecule is O=C(N=C1C=CC(=O)c2ccccc21)c1ccc(OCCN2CCCCC2)cc1. The van der Waals surface area contributed by atoms with Crippen LogP contribution in [0.5, 0.6) is 5.75 Å². The minimum absolute atomic E-state index is 0.0712. The molecule has 5 heteroatoms. The Morgan fingerprint density at radius 3 is 2.41 bits per heavy atom. The molecule has 0 N–H and O–H groups in total. The normalized spacial score (nSPS) is 17.9. The van der Waals surface area contributed by atoms with Crippen molar-refractivity contribution in [3.05, 3.63) is 77.4 Å². The number of hydrogen-bond acceptors (Lipinski definition) is 4. The number of amides is 1. The number of carbonyl (C=O) groups excluding carboxylic acids is 2. The number of ketones is 1. The van der Waals surface area contributed by atoms with Crippen LogP contribution in [0.2, 0.25) is 0 Å². The van der Waals surface area contributed by atoms with Crippen molar-refractivity contribution in [2.24, 2.45) is 4.99 Å². The summed E-state index contributed by atoms with van der Waals surface area (Å²) in [4.78, 5) is 31.2. The van der Waals surface area contributed by atoms with E-state index in [0.717, 1.165) is 25.4 Å². The number of ether oxygens (including phenoxy) is 1. The highest BCUT2D eigenvalue weighted by Crippen LogP contribution is 2.19. The Bertz CT molecular complexity index is 954. The van der Waals surface area contributed by atoms with Gasteiger partial charge in [0.05, 0.1) is 5.71 Å². The quantitative estimate of drug-likeness (QED) is 0.779. The number of allylic oxidation sites excluding steroid dienone is 2. The van der Waals surface area contributed by atoms with Crippen molar-refractivity contribution in [1.29, 1.82) is 0 Å². The summed E-state index contributed by atoms with van der Waals surface area (Å²) in [6, 6.07) is 14.3. The van der Waals surface area contributed by atoms with Crippen molar-refractivity contribution >= 4 is 17.4 Å². The molecule has 4 rings (SSSR count). The fourth-order valence-electron chi connectivity index (χ4n) is 3.70. The van der Waals surface area contributed by atoms with E-state index in [-0.39, 0.29) is 11.7 Å². The summed E-state index contributed by atoms with van der Waals surface area (Å²) in [5.41, 5.74) is 2.25. The van der Waals surface area contributed by atoms with Crippen molar-refractivity contribution < 1.29 is 14.3 Å². The highest BCUT2D eigenvalue weighted by molar-refractivity contribution is 6.26. The maximum atomic E-state index is 12.6. The molecule has 0 spiro atoms. The molecule has 0 bridgehead atoms. The molecule has 2 aromatic rings. The van der Waals surface area contributed by atoms with Gasteiger partial charge in [-0.2, -0.15) is 0 Å². The summed E-state index contributed by atoms with van der Waals surface area (Å²) in [5.74, 6) is 0.339. The van der Waals surface area contributed by atoms with Gasteiger partial charge in [-0.05, 0) is 62.3 Å². The van der Waals surface area contributed by atoms with Gasteiger partial charge < -0.3 is 4.74 Å². The Morgan fingerprint density at radius 2 is 1.66 bits per heavy atom. The van der Waals surface area contributed by atoms with E-state index in [2.05, 4.69) is 9.89 Å². The van der Waals surface area contributed by atoms with Gasteiger partial charge in [-0.1, -0.05) is 30.7 Å². The topological polar surface area (TPSA) is 59.0 Å². The molecule has 5 nitrogen and oxygen atoms in total. The van der Waals surface area contributed by atoms with Crippen LogP contribution in [0.1, 0.15) is 45.5 Å². The number of likely N-dealkylation sites (tertiary alicyclic amines) is 1. The van der Waals surface area contributed by atoms with Crippen LogP contribution in [0, 0.1) is 0 Å². The van der Waals surface area contributed by atoms with Gasteiger partial charge in [0.25, 0.3) is 5.91 Å². The summed E-state index contributed by atoms with van der Waals surface area (Å²) in [6.45, 7) is 3.88. The average Bonchev–Trinajstić information content (AvgIpc) is 2.77. The number of carbonyl (C=O) groups is 2. The lowest BCUT2D eigenvalue weighted by atomic mass is 9.94. The molecule has 1 heterocycles. The van der Waals surface area contributed by atoms with E-state index in [1.165, 1.54) is 25.3 Å². The molecule has 2 aromatic carbocycles. The molecule has 29 heavy (non-hydrogen) atoms. The van der Waals surface area contributed by atoms with E-state index < -0.39 is 0 Å². The molecule has 1 amide bonds. The molecule has 0 atom stereocenters. The van der Waals surface area contributed by atoms with E-state index in [1.807, 2.05) is 12.1 Å². The summed E-state index contributed by atoms with van der Waals surface area (Å²) in [7, 11) is 0. The molecular formula is C24H24N2O3. The maximum Gasteiger partial charge on any atom is 0.277 e. The second-order valence-electron chi connectivity index (χ2n) is 7.32. The van der Waals surface area contributed by atoms with Gasteiger partial charge in [-0.25, -0.2) is 4.99 Å². The highest BCUT2D eigenvalue weighted by atomic mass is 16.5. The van der Waals surface area contributed by atoms with Crippen LogP contribution in [-0.2, 0) is 0 Å². The molecular weight excluding hydrogens is 364 g/mol. The van der Waals surface area contributed by atoms with Gasteiger partial charge in [0, 0.05) is 23.2 Å². The van der Waals surface area contributed by atoms with Crippen molar-refractivity contribution in [2.75, 3.05) is 26.2 Å². The van der Waals surface area contributed by atoms with E-state index in [1.54, 1.807) is 42.5 Å². The first-order valence-corrected chi connectivity index (χ1v) is 10.1. The molecule has 1 fully saturated rings. The molecule has 148 valence electrons. The second-order valence-corrected chi connectivity index (χ2v) is 7.32. The van der Waals surface area contributed by atoms with Crippen LogP contribution in [0.3, 0.4) is 0 Å². The minimum Gasteiger partial charge on any atom is -0.492 e. The first kappa shape index (κ1) is 19.3. The van der Waals surface area contributed by atoms with Gasteiger partial charge in [0.2, 0.25) is 0 Å². The van der Waals surface area contributed by atoms with Crippen LogP contribution in [0.4, 0.5) is 0 Å². The van der Waals surface area contributed by atoms with Gasteiger partial charge in [0.1, 0.15) is 12.4 Å². The number of aliphatic imine (C=N–C) groups is 1. The predicted molar refractivity (Wildman–Crippen MR) is 113 cm³/mol. The summed E-state index contributed by atoms with van der Waals surface area (Å²) in [5, 5.41) is 0. The lowest BCUT2D eigenvalue weighted by Crippen LogP contribution is -2.33. The zero-order valence-electron chi connectivity index (χ0n) is 16.3. The number of nitrogens with zero attached hydrogens (tertiary/aromatic N) is 2. The van der Waals surface area contributed by atoms with Gasteiger partial charge in [-0.3, -0.25) is 14.5 Å². The third-order valence-corrected chi connectivity index (χ3v) is 5.31. The van der Waals surface area contributed by atoms with Crippen molar-refractivity contribution in [3.63, 3.8) is 0 Å². The standard InChI is InChI=1S/C24H24N2O3/c27-23-13-12-22(20-6-2-3-7-21(20)23)25-24(28)18-8-10-19(11-9-18)29-17-16-26-14-4-1-5-15-26/h2-3,6-13H,1,4-5,14-17H2. The number of hydrogen-bond donors (Lipinski definition) is 0. The monoisotopic (exact) mass is 388 g/mol. The fourth-order valence-corrected chi connectivity index (χ4v) is 3.70. The molecule has 1 aliphatic heterocycles. The van der Waals surface area contributed by atoms with Crippen LogP contribution >= 0.6 is 0 Å². The molecule has 0 unspecified atom stereocenters. The number of benzene rings is 2. The van der Waals surface area contributed by atoms with E-state index in [9.17, 15) is 9.59 Å². The minimum atomic E-state index is -0.339. The molecule has 0 aromatic heterocycles. The zero-order chi connectivity index (χ0) is 20.1. The zero-order valence-corrected chi connectivity index (χ0v) is 16.3. The van der Waals surface area contributed by atoms with Crippen molar-refractivity contribution in [3.8, 4) is 5.75 Å². The molecule has 0 saturated carbocycles. The Kier molecular flexibility index (Phi) is 5.96. The lowest BCUT2D eigenvalue weighted by Gasteiger charge is -2.26. The Morgan fingerprint density at radius 1 is 0.931 bits per heavy atom. The molecule has 2 aliphatic rings. The van der Waals surface area contributed by atoms with Crippen LogP contribution < -0.4 is 4.74 Å². The first-order valence-electron chi connectivity index (χ1n) is 10.1. The Hall–Kier alpha value is -3.05. The maximum absolute atomic E-state index is 12.6. The van der Waals surface area contributed by atoms with E-state index in [4.69, 9.17) is 4.74 Å². The average molecular weight is 388 g/mol. The first-order chi connectivity index (χ1) is 14.2. The summed E-state index contributed by atoms with van der Waals surface area (Å²) >= 11 is 0. The van der Waals surface area contributed by atoms with E-state index >= 15 is 0 Å². The molecule has 1 saturated heterocycles. The summed E-state index contributed by atoms with van der Waals surface area (Å²) in [6.07, 6.45) is 6.92. The van der Waals surface area contributed by atoms with Crippen molar-refractivity contribution in [1.82, 2.24) is 4.90 Å². The number of fused-ring (bicyclic) bond motifs is 1. The van der Waals surface area contributed by atoms with Crippen LogP contribution in [-0.4, -0.2) is 48.5 Å². The number of rotatable bonds is 5. The highest BCUT2D eigenvalue weighted by Gasteiger charge is 2.18. The van der Waals surface area contributed by atoms with Gasteiger partial charge in [0.15, 0.2) is 5.78 Å². The van der Waals surface area contributed by atoms with Crippen molar-refractivity contribution in [2.45, 2.75) is 19.3 Å². The Labute approximate surface area is 170 Å². The Balaban J connectivity index is 1.39. The van der Waals surface area contributed by atoms with Gasteiger partial charge >= 0.3 is 0 Å². The number of piperidine rings is 1. The molecule has 0 radical (unpaired) electrons. The smallest absolute Gasteiger partial charge is 0.277 e.